The summed E-state index contributed by atoms with van der Waals surface area (Å²) in [6.07, 6.45) is 7.72. The first-order valence-corrected chi connectivity index (χ1v) is 8.06. The van der Waals surface area contributed by atoms with Crippen LogP contribution in [0.15, 0.2) is 54.7 Å². The molecule has 1 aromatic heterocycles. The highest BCUT2D eigenvalue weighted by Gasteiger charge is 2.09. The van der Waals surface area contributed by atoms with Crippen LogP contribution in [-0.2, 0) is 6.54 Å². The summed E-state index contributed by atoms with van der Waals surface area (Å²) in [6.45, 7) is 3.15. The second kappa shape index (κ2) is 9.35. The molecule has 1 heterocycles. The highest BCUT2D eigenvalue weighted by atomic mass is 16.5. The molecule has 0 saturated carbocycles. The third-order valence-corrected chi connectivity index (χ3v) is 3.39. The molecule has 0 aliphatic heterocycles. The number of ether oxygens (including phenoxy) is 1. The number of hydrogen-bond donors (Lipinski definition) is 2. The average molecular weight is 325 g/mol. The predicted molar refractivity (Wildman–Crippen MR) is 95.8 cm³/mol. The monoisotopic (exact) mass is 325 g/mol. The summed E-state index contributed by atoms with van der Waals surface area (Å²) in [5, 5.41) is 2.84. The van der Waals surface area contributed by atoms with E-state index in [1.54, 1.807) is 18.3 Å². The summed E-state index contributed by atoms with van der Waals surface area (Å²) in [4.78, 5) is 16.0. The zero-order chi connectivity index (χ0) is 17.2. The number of nitrogens with one attached hydrogen (secondary N) is 1. The summed E-state index contributed by atoms with van der Waals surface area (Å²) in [5.74, 6) is 0.788. The molecule has 0 spiro atoms. The molecular formula is C19H23N3O2. The fourth-order valence-electron chi connectivity index (χ4n) is 2.16. The van der Waals surface area contributed by atoms with Gasteiger partial charge in [0, 0.05) is 12.7 Å². The summed E-state index contributed by atoms with van der Waals surface area (Å²) < 4.78 is 5.71. The number of nitrogen functional groups attached to an aromatic ring is 1. The molecule has 0 aliphatic carbocycles. The van der Waals surface area contributed by atoms with Gasteiger partial charge in [-0.15, -0.1) is 0 Å². The number of nitrogens with two attached hydrogens (primary N) is 1. The maximum Gasteiger partial charge on any atom is 0.255 e. The lowest BCUT2D eigenvalue weighted by Crippen LogP contribution is -2.24. The summed E-state index contributed by atoms with van der Waals surface area (Å²) in [7, 11) is 0. The van der Waals surface area contributed by atoms with Gasteiger partial charge < -0.3 is 15.8 Å². The minimum Gasteiger partial charge on any atom is -0.493 e. The second-order valence-corrected chi connectivity index (χ2v) is 5.28. The van der Waals surface area contributed by atoms with Crippen molar-refractivity contribution in [2.75, 3.05) is 12.3 Å². The number of benzene rings is 1. The first-order chi connectivity index (χ1) is 11.7. The molecule has 0 fully saturated rings. The van der Waals surface area contributed by atoms with E-state index in [1.165, 1.54) is 0 Å². The van der Waals surface area contributed by atoms with E-state index in [0.29, 0.717) is 18.7 Å². The van der Waals surface area contributed by atoms with Gasteiger partial charge in [0.15, 0.2) is 0 Å². The largest absolute Gasteiger partial charge is 0.493 e. The number of allylic oxidation sites excluding steroid dienone is 1. The van der Waals surface area contributed by atoms with Gasteiger partial charge >= 0.3 is 0 Å². The highest BCUT2D eigenvalue weighted by Crippen LogP contribution is 2.14. The number of aromatic nitrogens is 1. The van der Waals surface area contributed by atoms with Crippen LogP contribution in [0.2, 0.25) is 0 Å². The molecule has 0 atom stereocenters. The van der Waals surface area contributed by atoms with Gasteiger partial charge in [0.05, 0.1) is 12.2 Å². The van der Waals surface area contributed by atoms with Gasteiger partial charge in [-0.05, 0) is 42.7 Å². The first kappa shape index (κ1) is 17.5. The lowest BCUT2D eigenvalue weighted by molar-refractivity contribution is 0.0951. The number of amides is 1. The van der Waals surface area contributed by atoms with Crippen LogP contribution in [0.3, 0.4) is 0 Å². The Morgan fingerprint density at radius 1 is 1.29 bits per heavy atom. The molecule has 126 valence electrons. The molecule has 2 aromatic rings. The van der Waals surface area contributed by atoms with E-state index in [1.807, 2.05) is 24.3 Å². The highest BCUT2D eigenvalue weighted by molar-refractivity contribution is 5.98. The zero-order valence-electron chi connectivity index (χ0n) is 13.9. The van der Waals surface area contributed by atoms with Crippen LogP contribution in [0, 0.1) is 0 Å². The van der Waals surface area contributed by atoms with Crippen molar-refractivity contribution in [3.8, 4) is 5.75 Å². The van der Waals surface area contributed by atoms with Gasteiger partial charge in [0.25, 0.3) is 5.91 Å². The number of carbonyl (C=O) groups excluding carboxylic acids is 1. The Balaban J connectivity index is 1.87. The third-order valence-electron chi connectivity index (χ3n) is 3.39. The van der Waals surface area contributed by atoms with Gasteiger partial charge in [0.1, 0.15) is 11.6 Å². The molecule has 0 radical (unpaired) electrons. The Hall–Kier alpha value is -2.82. The van der Waals surface area contributed by atoms with E-state index in [0.717, 1.165) is 24.2 Å². The molecule has 0 bridgehead atoms. The SMILES string of the molecule is CCC=CCCOc1cccc(CNC(=O)c2cccnc2N)c1. The van der Waals surface area contributed by atoms with Crippen LogP contribution in [0.25, 0.3) is 0 Å². The van der Waals surface area contributed by atoms with E-state index in [2.05, 4.69) is 29.4 Å². The molecule has 0 unspecified atom stereocenters. The third kappa shape index (κ3) is 5.43. The number of hydrogen-bond acceptors (Lipinski definition) is 4. The van der Waals surface area contributed by atoms with Crippen LogP contribution in [-0.4, -0.2) is 17.5 Å². The van der Waals surface area contributed by atoms with Crippen molar-refractivity contribution in [2.24, 2.45) is 0 Å². The topological polar surface area (TPSA) is 77.2 Å². The van der Waals surface area contributed by atoms with Gasteiger partial charge in [-0.25, -0.2) is 4.98 Å². The summed E-state index contributed by atoms with van der Waals surface area (Å²) >= 11 is 0. The van der Waals surface area contributed by atoms with Crippen molar-refractivity contribution in [1.29, 1.82) is 0 Å². The van der Waals surface area contributed by atoms with E-state index in [-0.39, 0.29) is 11.7 Å². The van der Waals surface area contributed by atoms with Crippen LogP contribution < -0.4 is 15.8 Å². The minimum atomic E-state index is -0.239. The van der Waals surface area contributed by atoms with Crippen molar-refractivity contribution in [2.45, 2.75) is 26.3 Å². The molecule has 2 rings (SSSR count). The first-order valence-electron chi connectivity index (χ1n) is 8.06. The molecule has 0 saturated heterocycles. The van der Waals surface area contributed by atoms with Crippen LogP contribution in [0.4, 0.5) is 5.82 Å². The Kier molecular flexibility index (Phi) is 6.83. The van der Waals surface area contributed by atoms with Crippen LogP contribution >= 0.6 is 0 Å². The summed E-state index contributed by atoms with van der Waals surface area (Å²) in [5.41, 5.74) is 7.05. The van der Waals surface area contributed by atoms with Crippen molar-refractivity contribution < 1.29 is 9.53 Å². The fraction of sp³-hybridized carbons (Fsp3) is 0.263. The lowest BCUT2D eigenvalue weighted by atomic mass is 10.2. The quantitative estimate of drug-likeness (QED) is 0.576. The molecule has 5 heteroatoms. The van der Waals surface area contributed by atoms with Gasteiger partial charge in [0.2, 0.25) is 0 Å². The zero-order valence-corrected chi connectivity index (χ0v) is 13.9. The maximum absolute atomic E-state index is 12.1. The average Bonchev–Trinajstić information content (AvgIpc) is 2.60. The minimum absolute atomic E-state index is 0.229. The van der Waals surface area contributed by atoms with Gasteiger partial charge in [-0.2, -0.15) is 0 Å². The van der Waals surface area contributed by atoms with Crippen molar-refractivity contribution in [3.63, 3.8) is 0 Å². The molecule has 3 N–H and O–H groups in total. The van der Waals surface area contributed by atoms with Gasteiger partial charge in [-0.1, -0.05) is 31.2 Å². The molecule has 1 amide bonds. The van der Waals surface area contributed by atoms with Crippen molar-refractivity contribution >= 4 is 11.7 Å². The van der Waals surface area contributed by atoms with Crippen molar-refractivity contribution in [1.82, 2.24) is 10.3 Å². The van der Waals surface area contributed by atoms with Gasteiger partial charge in [-0.3, -0.25) is 4.79 Å². The number of carbonyl (C=O) groups is 1. The van der Waals surface area contributed by atoms with E-state index >= 15 is 0 Å². The smallest absolute Gasteiger partial charge is 0.255 e. The second-order valence-electron chi connectivity index (χ2n) is 5.28. The molecular weight excluding hydrogens is 302 g/mol. The normalized spacial score (nSPS) is 10.7. The molecule has 24 heavy (non-hydrogen) atoms. The lowest BCUT2D eigenvalue weighted by Gasteiger charge is -2.09. The summed E-state index contributed by atoms with van der Waals surface area (Å²) in [6, 6.07) is 11.0. The van der Waals surface area contributed by atoms with Crippen molar-refractivity contribution in [3.05, 3.63) is 65.9 Å². The Morgan fingerprint density at radius 2 is 2.17 bits per heavy atom. The van der Waals surface area contributed by atoms with E-state index < -0.39 is 0 Å². The number of anilines is 1. The van der Waals surface area contributed by atoms with E-state index in [9.17, 15) is 4.79 Å². The molecule has 0 aliphatic rings. The molecule has 1 aromatic carbocycles. The van der Waals surface area contributed by atoms with Crippen LogP contribution in [0.5, 0.6) is 5.75 Å². The Bertz CT molecular complexity index is 699. The standard InChI is InChI=1S/C19H23N3O2/c1-2-3-4-5-12-24-16-9-6-8-15(13-16)14-22-19(23)17-10-7-11-21-18(17)20/h3-4,6-11,13H,2,5,12,14H2,1H3,(H2,20,21)(H,22,23). The number of rotatable bonds is 8. The van der Waals surface area contributed by atoms with E-state index in [4.69, 9.17) is 10.5 Å². The Morgan fingerprint density at radius 3 is 2.96 bits per heavy atom. The predicted octanol–water partition coefficient (Wildman–Crippen LogP) is 3.33. The molecule has 5 nitrogen and oxygen atoms in total. The number of pyridine rings is 1. The number of nitrogens with zero attached hydrogens (tertiary/aromatic N) is 1. The van der Waals surface area contributed by atoms with Crippen LogP contribution in [0.1, 0.15) is 35.7 Å². The maximum atomic E-state index is 12.1. The fourth-order valence-corrected chi connectivity index (χ4v) is 2.16. The Labute approximate surface area is 142 Å².